The standard InChI is InChI=1S/C22H20F4N4O2/c1-2-22(25,26)13-32-19-18-16(7-8-27-19)11-29(20(18)31)10-14-3-5-15(6-4-14)17-9-28-30(12-17)21(23)24/h3-9,12,21H,2,10-11,13H2,1H3. The smallest absolute Gasteiger partial charge is 0.333 e. The number of pyridine rings is 1. The molecule has 10 heteroatoms. The summed E-state index contributed by atoms with van der Waals surface area (Å²) in [5.74, 6) is -3.43. The molecule has 1 amide bonds. The number of aromatic nitrogens is 3. The van der Waals surface area contributed by atoms with Crippen molar-refractivity contribution in [1.82, 2.24) is 19.7 Å². The second kappa shape index (κ2) is 8.60. The van der Waals surface area contributed by atoms with Crippen LogP contribution >= 0.6 is 0 Å². The maximum atomic E-state index is 13.6. The van der Waals surface area contributed by atoms with Crippen LogP contribution in [0.5, 0.6) is 5.88 Å². The summed E-state index contributed by atoms with van der Waals surface area (Å²) in [4.78, 5) is 18.5. The van der Waals surface area contributed by atoms with E-state index in [9.17, 15) is 22.4 Å². The first kappa shape index (κ1) is 21.8. The first-order valence-corrected chi connectivity index (χ1v) is 9.97. The predicted octanol–water partition coefficient (Wildman–Crippen LogP) is 4.92. The average molecular weight is 448 g/mol. The molecule has 168 valence electrons. The highest BCUT2D eigenvalue weighted by molar-refractivity contribution is 6.00. The first-order chi connectivity index (χ1) is 15.3. The van der Waals surface area contributed by atoms with Gasteiger partial charge in [-0.3, -0.25) is 4.79 Å². The van der Waals surface area contributed by atoms with E-state index in [2.05, 4.69) is 10.1 Å². The second-order valence-corrected chi connectivity index (χ2v) is 7.49. The number of carbonyl (C=O) groups is 1. The van der Waals surface area contributed by atoms with Crippen molar-refractivity contribution in [2.75, 3.05) is 6.61 Å². The van der Waals surface area contributed by atoms with Gasteiger partial charge in [0.15, 0.2) is 6.61 Å². The molecule has 0 atom stereocenters. The van der Waals surface area contributed by atoms with Crippen LogP contribution in [0.15, 0.2) is 48.9 Å². The van der Waals surface area contributed by atoms with Gasteiger partial charge in [-0.05, 0) is 22.8 Å². The Hall–Kier alpha value is -3.43. The van der Waals surface area contributed by atoms with Crippen LogP contribution in [0.25, 0.3) is 11.1 Å². The fourth-order valence-corrected chi connectivity index (χ4v) is 3.41. The molecule has 6 nitrogen and oxygen atoms in total. The lowest BCUT2D eigenvalue weighted by molar-refractivity contribution is -0.0449. The summed E-state index contributed by atoms with van der Waals surface area (Å²) in [5, 5.41) is 3.62. The summed E-state index contributed by atoms with van der Waals surface area (Å²) in [6.07, 6.45) is 3.68. The monoisotopic (exact) mass is 448 g/mol. The van der Waals surface area contributed by atoms with Crippen molar-refractivity contribution in [3.63, 3.8) is 0 Å². The largest absolute Gasteiger partial charge is 0.471 e. The van der Waals surface area contributed by atoms with E-state index >= 15 is 0 Å². The van der Waals surface area contributed by atoms with Crippen molar-refractivity contribution in [3.05, 3.63) is 65.6 Å². The van der Waals surface area contributed by atoms with Gasteiger partial charge in [0.25, 0.3) is 11.8 Å². The predicted molar refractivity (Wildman–Crippen MR) is 107 cm³/mol. The summed E-state index contributed by atoms with van der Waals surface area (Å²) in [6, 6.07) is 8.78. The maximum absolute atomic E-state index is 13.6. The van der Waals surface area contributed by atoms with E-state index in [1.807, 2.05) is 0 Å². The SMILES string of the molecule is CCC(F)(F)COc1nccc2c1C(=O)N(Cc1ccc(-c3cnn(C(F)F)c3)cc1)C2. The molecule has 0 bridgehead atoms. The Labute approximate surface area is 181 Å². The molecule has 0 spiro atoms. The van der Waals surface area contributed by atoms with Gasteiger partial charge in [0.05, 0.1) is 6.20 Å². The fraction of sp³-hybridized carbons (Fsp3) is 0.318. The van der Waals surface area contributed by atoms with Crippen LogP contribution in [-0.4, -0.2) is 38.1 Å². The zero-order chi connectivity index (χ0) is 22.9. The number of carbonyl (C=O) groups excluding carboxylic acids is 1. The minimum atomic E-state index is -3.00. The van der Waals surface area contributed by atoms with Gasteiger partial charge in [0, 0.05) is 37.5 Å². The molecule has 3 aromatic rings. The van der Waals surface area contributed by atoms with Crippen molar-refractivity contribution in [2.24, 2.45) is 0 Å². The summed E-state index contributed by atoms with van der Waals surface area (Å²) in [5.41, 5.74) is 2.96. The summed E-state index contributed by atoms with van der Waals surface area (Å²) in [6.45, 7) is -1.60. The third kappa shape index (κ3) is 4.44. The average Bonchev–Trinajstić information content (AvgIpc) is 3.39. The number of fused-ring (bicyclic) bond motifs is 1. The van der Waals surface area contributed by atoms with Gasteiger partial charge in [-0.25, -0.2) is 18.4 Å². The van der Waals surface area contributed by atoms with Crippen molar-refractivity contribution >= 4 is 5.91 Å². The lowest BCUT2D eigenvalue weighted by Gasteiger charge is -2.17. The molecule has 0 fully saturated rings. The Bertz CT molecular complexity index is 1120. The third-order valence-corrected chi connectivity index (χ3v) is 5.26. The topological polar surface area (TPSA) is 60.2 Å². The molecule has 0 saturated heterocycles. The maximum Gasteiger partial charge on any atom is 0.333 e. The minimum Gasteiger partial charge on any atom is -0.471 e. The Kier molecular flexibility index (Phi) is 5.86. The van der Waals surface area contributed by atoms with Gasteiger partial charge < -0.3 is 9.64 Å². The highest BCUT2D eigenvalue weighted by Crippen LogP contribution is 2.31. The number of halogens is 4. The highest BCUT2D eigenvalue weighted by atomic mass is 19.3. The minimum absolute atomic E-state index is 0.0884. The zero-order valence-electron chi connectivity index (χ0n) is 17.1. The summed E-state index contributed by atoms with van der Waals surface area (Å²) >= 11 is 0. The number of amides is 1. The molecule has 0 unspecified atom stereocenters. The van der Waals surface area contributed by atoms with Crippen molar-refractivity contribution in [3.8, 4) is 17.0 Å². The Balaban J connectivity index is 1.46. The van der Waals surface area contributed by atoms with Crippen LogP contribution in [0.1, 0.15) is 41.4 Å². The molecule has 0 aliphatic carbocycles. The molecular weight excluding hydrogens is 428 g/mol. The normalized spacial score (nSPS) is 13.7. The molecule has 32 heavy (non-hydrogen) atoms. The number of benzene rings is 1. The second-order valence-electron chi connectivity index (χ2n) is 7.49. The Morgan fingerprint density at radius 1 is 1.16 bits per heavy atom. The number of ether oxygens (including phenoxy) is 1. The van der Waals surface area contributed by atoms with Crippen LogP contribution < -0.4 is 4.74 Å². The molecule has 4 rings (SSSR count). The number of alkyl halides is 4. The molecular formula is C22H20F4N4O2. The van der Waals surface area contributed by atoms with Gasteiger partial charge >= 0.3 is 6.55 Å². The number of hydrogen-bond acceptors (Lipinski definition) is 4. The Morgan fingerprint density at radius 3 is 2.56 bits per heavy atom. The third-order valence-electron chi connectivity index (χ3n) is 5.26. The number of nitrogens with zero attached hydrogens (tertiary/aromatic N) is 4. The number of rotatable bonds is 8. The van der Waals surface area contributed by atoms with Crippen molar-refractivity contribution in [1.29, 1.82) is 0 Å². The van der Waals surface area contributed by atoms with E-state index in [1.54, 1.807) is 35.2 Å². The van der Waals surface area contributed by atoms with Crippen LogP contribution in [0, 0.1) is 0 Å². The van der Waals surface area contributed by atoms with E-state index in [0.717, 1.165) is 5.56 Å². The molecule has 0 radical (unpaired) electrons. The molecule has 1 aromatic carbocycles. The summed E-state index contributed by atoms with van der Waals surface area (Å²) in [7, 11) is 0. The highest BCUT2D eigenvalue weighted by Gasteiger charge is 2.34. The molecule has 1 aliphatic rings. The molecule has 1 aliphatic heterocycles. The van der Waals surface area contributed by atoms with E-state index in [1.165, 1.54) is 25.5 Å². The van der Waals surface area contributed by atoms with Gasteiger partial charge in [0.2, 0.25) is 5.88 Å². The van der Waals surface area contributed by atoms with Crippen LogP contribution in [0.3, 0.4) is 0 Å². The Morgan fingerprint density at radius 2 is 1.91 bits per heavy atom. The van der Waals surface area contributed by atoms with Crippen molar-refractivity contribution < 1.29 is 27.1 Å². The summed E-state index contributed by atoms with van der Waals surface area (Å²) < 4.78 is 58.3. The zero-order valence-corrected chi connectivity index (χ0v) is 17.1. The van der Waals surface area contributed by atoms with Crippen LogP contribution in [0.2, 0.25) is 0 Å². The van der Waals surface area contributed by atoms with E-state index in [0.29, 0.717) is 27.9 Å². The molecule has 0 saturated carbocycles. The van der Waals surface area contributed by atoms with Gasteiger partial charge in [-0.1, -0.05) is 31.2 Å². The van der Waals surface area contributed by atoms with Gasteiger partial charge in [-0.15, -0.1) is 0 Å². The fourth-order valence-electron chi connectivity index (χ4n) is 3.41. The lowest BCUT2D eigenvalue weighted by atomic mass is 10.1. The first-order valence-electron chi connectivity index (χ1n) is 9.97. The molecule has 0 N–H and O–H groups in total. The van der Waals surface area contributed by atoms with Gasteiger partial charge in [0.1, 0.15) is 5.56 Å². The molecule has 2 aromatic heterocycles. The van der Waals surface area contributed by atoms with E-state index in [-0.39, 0.29) is 30.3 Å². The van der Waals surface area contributed by atoms with Crippen LogP contribution in [0.4, 0.5) is 17.6 Å². The lowest BCUT2D eigenvalue weighted by Crippen LogP contribution is -2.26. The molecule has 3 heterocycles. The van der Waals surface area contributed by atoms with Crippen LogP contribution in [-0.2, 0) is 13.1 Å². The number of hydrogen-bond donors (Lipinski definition) is 0. The van der Waals surface area contributed by atoms with Gasteiger partial charge in [-0.2, -0.15) is 13.9 Å². The van der Waals surface area contributed by atoms with Crippen molar-refractivity contribution in [2.45, 2.75) is 38.9 Å². The van der Waals surface area contributed by atoms with E-state index in [4.69, 9.17) is 4.74 Å². The van der Waals surface area contributed by atoms with E-state index < -0.39 is 19.1 Å². The quantitative estimate of drug-likeness (QED) is 0.459.